The molecule has 1 aliphatic heterocycles. The van der Waals surface area contributed by atoms with Crippen molar-refractivity contribution < 1.29 is 4.79 Å². The number of carbonyl (C=O) groups excluding carboxylic acids is 1. The van der Waals surface area contributed by atoms with Crippen LogP contribution >= 0.6 is 0 Å². The molecule has 0 aromatic heterocycles. The smallest absolute Gasteiger partial charge is 0.244 e. The lowest BCUT2D eigenvalue weighted by Gasteiger charge is -2.40. The molecule has 1 amide bonds. The van der Waals surface area contributed by atoms with E-state index in [1.54, 1.807) is 0 Å². The Kier molecular flexibility index (Phi) is 3.16. The molecule has 0 radical (unpaired) electrons. The lowest BCUT2D eigenvalue weighted by molar-refractivity contribution is -0.134. The Morgan fingerprint density at radius 3 is 2.42 bits per heavy atom. The van der Waals surface area contributed by atoms with Gasteiger partial charge in [-0.1, -0.05) is 27.7 Å². The van der Waals surface area contributed by atoms with Gasteiger partial charge in [0.1, 0.15) is 0 Å². The standard InChI is InChI=1S/C16H28N2O/c1-10(2)14-17-16(7-8-16)15(19)18(14)13-6-5-11(3)12(4)9-13/h10-14,17H,5-9H2,1-4H3. The Morgan fingerprint density at radius 1 is 1.21 bits per heavy atom. The molecule has 1 N–H and O–H groups in total. The van der Waals surface area contributed by atoms with E-state index in [0.29, 0.717) is 17.9 Å². The molecule has 1 heterocycles. The first-order valence-electron chi connectivity index (χ1n) is 8.05. The van der Waals surface area contributed by atoms with Crippen molar-refractivity contribution in [2.75, 3.05) is 0 Å². The van der Waals surface area contributed by atoms with Crippen molar-refractivity contribution in [2.24, 2.45) is 17.8 Å². The minimum Gasteiger partial charge on any atom is -0.322 e. The molecule has 108 valence electrons. The minimum atomic E-state index is -0.152. The first kappa shape index (κ1) is 13.4. The first-order chi connectivity index (χ1) is 8.94. The van der Waals surface area contributed by atoms with Gasteiger partial charge < -0.3 is 4.90 Å². The van der Waals surface area contributed by atoms with Crippen molar-refractivity contribution in [1.29, 1.82) is 0 Å². The number of hydrogen-bond donors (Lipinski definition) is 1. The summed E-state index contributed by atoms with van der Waals surface area (Å²) < 4.78 is 0. The zero-order valence-electron chi connectivity index (χ0n) is 12.8. The van der Waals surface area contributed by atoms with E-state index in [9.17, 15) is 4.79 Å². The number of nitrogens with zero attached hydrogens (tertiary/aromatic N) is 1. The lowest BCUT2D eigenvalue weighted by Crippen LogP contribution is -2.49. The van der Waals surface area contributed by atoms with E-state index in [1.807, 2.05) is 0 Å². The highest BCUT2D eigenvalue weighted by Crippen LogP contribution is 2.46. The molecule has 3 aliphatic rings. The summed E-state index contributed by atoms with van der Waals surface area (Å²) in [5.41, 5.74) is -0.152. The van der Waals surface area contributed by atoms with Crippen LogP contribution < -0.4 is 5.32 Å². The quantitative estimate of drug-likeness (QED) is 0.832. The van der Waals surface area contributed by atoms with Crippen molar-refractivity contribution in [3.05, 3.63) is 0 Å². The van der Waals surface area contributed by atoms with Crippen molar-refractivity contribution in [2.45, 2.75) is 77.5 Å². The molecule has 1 saturated heterocycles. The van der Waals surface area contributed by atoms with Gasteiger partial charge in [0, 0.05) is 6.04 Å². The third kappa shape index (κ3) is 2.10. The molecule has 3 nitrogen and oxygen atoms in total. The van der Waals surface area contributed by atoms with Gasteiger partial charge in [0.05, 0.1) is 11.7 Å². The molecule has 0 bridgehead atoms. The number of amides is 1. The van der Waals surface area contributed by atoms with Gasteiger partial charge in [-0.3, -0.25) is 10.1 Å². The Hall–Kier alpha value is -0.570. The van der Waals surface area contributed by atoms with E-state index in [4.69, 9.17) is 0 Å². The third-order valence-corrected chi connectivity index (χ3v) is 5.71. The van der Waals surface area contributed by atoms with Crippen LogP contribution in [0.5, 0.6) is 0 Å². The fourth-order valence-corrected chi connectivity index (χ4v) is 3.92. The molecule has 1 spiro atoms. The van der Waals surface area contributed by atoms with Gasteiger partial charge in [0.25, 0.3) is 0 Å². The fourth-order valence-electron chi connectivity index (χ4n) is 3.92. The molecule has 4 atom stereocenters. The molecule has 4 unspecified atom stereocenters. The zero-order chi connectivity index (χ0) is 13.8. The van der Waals surface area contributed by atoms with Gasteiger partial charge in [-0.05, 0) is 49.9 Å². The SMILES string of the molecule is CC(C)C1NC2(CC2)C(=O)N1C1CCC(C)C(C)C1. The summed E-state index contributed by atoms with van der Waals surface area (Å²) in [6, 6.07) is 0.471. The lowest BCUT2D eigenvalue weighted by atomic mass is 9.78. The molecule has 0 aromatic rings. The van der Waals surface area contributed by atoms with Crippen LogP contribution in [0.15, 0.2) is 0 Å². The van der Waals surface area contributed by atoms with Gasteiger partial charge in [-0.2, -0.15) is 0 Å². The number of carbonyl (C=O) groups is 1. The maximum absolute atomic E-state index is 12.8. The van der Waals surface area contributed by atoms with E-state index in [-0.39, 0.29) is 11.7 Å². The van der Waals surface area contributed by atoms with Gasteiger partial charge in [0.2, 0.25) is 5.91 Å². The molecule has 3 fully saturated rings. The highest BCUT2D eigenvalue weighted by atomic mass is 16.2. The molecular formula is C16H28N2O. The molecule has 2 saturated carbocycles. The Bertz CT molecular complexity index is 375. The topological polar surface area (TPSA) is 32.3 Å². The average Bonchev–Trinajstić information content (AvgIpc) is 3.07. The van der Waals surface area contributed by atoms with Gasteiger partial charge in [-0.15, -0.1) is 0 Å². The van der Waals surface area contributed by atoms with Crippen LogP contribution in [-0.4, -0.2) is 28.6 Å². The normalized spacial score (nSPS) is 41.3. The van der Waals surface area contributed by atoms with Crippen LogP contribution in [0.2, 0.25) is 0 Å². The van der Waals surface area contributed by atoms with Crippen molar-refractivity contribution in [3.8, 4) is 0 Å². The van der Waals surface area contributed by atoms with Gasteiger partial charge in [-0.25, -0.2) is 0 Å². The molecular weight excluding hydrogens is 236 g/mol. The summed E-state index contributed by atoms with van der Waals surface area (Å²) in [7, 11) is 0. The monoisotopic (exact) mass is 264 g/mol. The second-order valence-corrected chi connectivity index (χ2v) is 7.55. The van der Waals surface area contributed by atoms with Gasteiger partial charge >= 0.3 is 0 Å². The van der Waals surface area contributed by atoms with Crippen LogP contribution in [0, 0.1) is 17.8 Å². The summed E-state index contributed by atoms with van der Waals surface area (Å²) >= 11 is 0. The van der Waals surface area contributed by atoms with E-state index < -0.39 is 0 Å². The predicted molar refractivity (Wildman–Crippen MR) is 76.5 cm³/mol. The molecule has 3 heteroatoms. The van der Waals surface area contributed by atoms with Crippen molar-refractivity contribution in [3.63, 3.8) is 0 Å². The maximum atomic E-state index is 12.8. The second kappa shape index (κ2) is 4.47. The second-order valence-electron chi connectivity index (χ2n) is 7.55. The van der Waals surface area contributed by atoms with E-state index in [0.717, 1.165) is 24.7 Å². The summed E-state index contributed by atoms with van der Waals surface area (Å²) in [6.45, 7) is 9.16. The fraction of sp³-hybridized carbons (Fsp3) is 0.938. The van der Waals surface area contributed by atoms with Crippen molar-refractivity contribution >= 4 is 5.91 Å². The van der Waals surface area contributed by atoms with E-state index >= 15 is 0 Å². The van der Waals surface area contributed by atoms with Crippen LogP contribution in [0.4, 0.5) is 0 Å². The zero-order valence-corrected chi connectivity index (χ0v) is 12.8. The van der Waals surface area contributed by atoms with Crippen molar-refractivity contribution in [1.82, 2.24) is 10.2 Å². The number of rotatable bonds is 2. The molecule has 0 aromatic carbocycles. The molecule has 2 aliphatic carbocycles. The van der Waals surface area contributed by atoms with Crippen LogP contribution in [0.1, 0.15) is 59.8 Å². The third-order valence-electron chi connectivity index (χ3n) is 5.71. The Balaban J connectivity index is 1.79. The highest BCUT2D eigenvalue weighted by Gasteiger charge is 2.60. The summed E-state index contributed by atoms with van der Waals surface area (Å²) in [6.07, 6.45) is 6.01. The highest BCUT2D eigenvalue weighted by molar-refractivity contribution is 5.92. The molecule has 3 rings (SSSR count). The Labute approximate surface area is 117 Å². The number of nitrogens with one attached hydrogen (secondary N) is 1. The predicted octanol–water partition coefficient (Wildman–Crippen LogP) is 2.76. The van der Waals surface area contributed by atoms with Gasteiger partial charge in [0.15, 0.2) is 0 Å². The van der Waals surface area contributed by atoms with Crippen LogP contribution in [0.3, 0.4) is 0 Å². The van der Waals surface area contributed by atoms with E-state index in [1.165, 1.54) is 19.3 Å². The average molecular weight is 264 g/mol. The van der Waals surface area contributed by atoms with Crippen LogP contribution in [-0.2, 0) is 4.79 Å². The molecule has 19 heavy (non-hydrogen) atoms. The first-order valence-corrected chi connectivity index (χ1v) is 8.05. The Morgan fingerprint density at radius 2 is 1.89 bits per heavy atom. The number of hydrogen-bond acceptors (Lipinski definition) is 2. The summed E-state index contributed by atoms with van der Waals surface area (Å²) in [4.78, 5) is 15.0. The minimum absolute atomic E-state index is 0.152. The largest absolute Gasteiger partial charge is 0.322 e. The summed E-state index contributed by atoms with van der Waals surface area (Å²) in [5.74, 6) is 2.46. The van der Waals surface area contributed by atoms with E-state index in [2.05, 4.69) is 37.9 Å². The maximum Gasteiger partial charge on any atom is 0.244 e. The van der Waals surface area contributed by atoms with Crippen LogP contribution in [0.25, 0.3) is 0 Å². The summed E-state index contributed by atoms with van der Waals surface area (Å²) in [5, 5.41) is 3.64.